The molecule has 6 nitrogen and oxygen atoms in total. The Kier molecular flexibility index (Phi) is 6.53. The molecule has 0 radical (unpaired) electrons. The Balaban J connectivity index is 1.44. The molecule has 2 aromatic rings. The van der Waals surface area contributed by atoms with E-state index in [0.29, 0.717) is 31.6 Å². The molecule has 1 aliphatic heterocycles. The number of piperazine rings is 1. The SMILES string of the molecule is COc1cccc(N2CCN(C(=O)CCNC(=O)c3ccccc3C)CC2)c1. The van der Waals surface area contributed by atoms with Crippen LogP contribution in [-0.2, 0) is 4.79 Å². The first kappa shape index (κ1) is 19.7. The average Bonchev–Trinajstić information content (AvgIpc) is 2.74. The first-order valence-corrected chi connectivity index (χ1v) is 9.59. The van der Waals surface area contributed by atoms with Gasteiger partial charge in [0.15, 0.2) is 0 Å². The molecule has 28 heavy (non-hydrogen) atoms. The lowest BCUT2D eigenvalue weighted by atomic mass is 10.1. The largest absolute Gasteiger partial charge is 0.497 e. The molecular weight excluding hydrogens is 354 g/mol. The number of methoxy groups -OCH3 is 1. The van der Waals surface area contributed by atoms with Crippen molar-refractivity contribution >= 4 is 17.5 Å². The van der Waals surface area contributed by atoms with Gasteiger partial charge in [-0.2, -0.15) is 0 Å². The molecule has 0 aromatic heterocycles. The third-order valence-corrected chi connectivity index (χ3v) is 5.06. The van der Waals surface area contributed by atoms with Gasteiger partial charge >= 0.3 is 0 Å². The van der Waals surface area contributed by atoms with Crippen molar-refractivity contribution in [2.24, 2.45) is 0 Å². The summed E-state index contributed by atoms with van der Waals surface area (Å²) in [5.74, 6) is 0.782. The van der Waals surface area contributed by atoms with E-state index in [0.717, 1.165) is 30.1 Å². The van der Waals surface area contributed by atoms with Crippen LogP contribution in [0.2, 0.25) is 0 Å². The minimum absolute atomic E-state index is 0.0791. The lowest BCUT2D eigenvalue weighted by Crippen LogP contribution is -2.49. The zero-order valence-electron chi connectivity index (χ0n) is 16.5. The molecule has 3 rings (SSSR count). The predicted molar refractivity (Wildman–Crippen MR) is 110 cm³/mol. The molecule has 1 heterocycles. The van der Waals surface area contributed by atoms with Gasteiger partial charge in [0, 0.05) is 56.5 Å². The van der Waals surface area contributed by atoms with Crippen LogP contribution in [0, 0.1) is 6.92 Å². The molecule has 1 fully saturated rings. The van der Waals surface area contributed by atoms with Gasteiger partial charge in [-0.25, -0.2) is 0 Å². The van der Waals surface area contributed by atoms with Gasteiger partial charge in [-0.1, -0.05) is 24.3 Å². The first-order chi connectivity index (χ1) is 13.6. The van der Waals surface area contributed by atoms with Gasteiger partial charge in [-0.05, 0) is 30.7 Å². The van der Waals surface area contributed by atoms with E-state index >= 15 is 0 Å². The van der Waals surface area contributed by atoms with Crippen molar-refractivity contribution in [3.05, 3.63) is 59.7 Å². The Morgan fingerprint density at radius 1 is 1.04 bits per heavy atom. The first-order valence-electron chi connectivity index (χ1n) is 9.59. The predicted octanol–water partition coefficient (Wildman–Crippen LogP) is 2.47. The molecule has 1 saturated heterocycles. The number of nitrogens with one attached hydrogen (secondary N) is 1. The molecule has 6 heteroatoms. The van der Waals surface area contributed by atoms with Crippen LogP contribution in [0.15, 0.2) is 48.5 Å². The molecule has 148 valence electrons. The highest BCUT2D eigenvalue weighted by Gasteiger charge is 2.21. The van der Waals surface area contributed by atoms with Gasteiger partial charge in [0.05, 0.1) is 7.11 Å². The Morgan fingerprint density at radius 2 is 1.79 bits per heavy atom. The molecule has 0 aliphatic carbocycles. The van der Waals surface area contributed by atoms with Crippen LogP contribution in [0.5, 0.6) is 5.75 Å². The van der Waals surface area contributed by atoms with Crippen LogP contribution in [0.3, 0.4) is 0 Å². The summed E-state index contributed by atoms with van der Waals surface area (Å²) in [5, 5.41) is 2.85. The van der Waals surface area contributed by atoms with Crippen LogP contribution in [-0.4, -0.2) is 56.5 Å². The van der Waals surface area contributed by atoms with Crippen molar-refractivity contribution < 1.29 is 14.3 Å². The highest BCUT2D eigenvalue weighted by Crippen LogP contribution is 2.22. The zero-order valence-corrected chi connectivity index (χ0v) is 16.5. The number of hydrogen-bond acceptors (Lipinski definition) is 4. The second kappa shape index (κ2) is 9.26. The van der Waals surface area contributed by atoms with Crippen molar-refractivity contribution in [1.29, 1.82) is 0 Å². The molecule has 0 unspecified atom stereocenters. The summed E-state index contributed by atoms with van der Waals surface area (Å²) < 4.78 is 5.28. The summed E-state index contributed by atoms with van der Waals surface area (Å²) in [6.07, 6.45) is 0.316. The van der Waals surface area contributed by atoms with Crippen LogP contribution < -0.4 is 15.0 Å². The number of aryl methyl sites for hydroxylation is 1. The summed E-state index contributed by atoms with van der Waals surface area (Å²) in [6.45, 7) is 5.19. The maximum atomic E-state index is 12.5. The zero-order chi connectivity index (χ0) is 19.9. The standard InChI is InChI=1S/C22H27N3O3/c1-17-6-3-4-9-20(17)22(27)23-11-10-21(26)25-14-12-24(13-15-25)18-7-5-8-19(16-18)28-2/h3-9,16H,10-15H2,1-2H3,(H,23,27). The molecule has 0 atom stereocenters. The van der Waals surface area contributed by atoms with Crippen LogP contribution in [0.1, 0.15) is 22.3 Å². The van der Waals surface area contributed by atoms with Gasteiger partial charge < -0.3 is 19.9 Å². The van der Waals surface area contributed by atoms with Crippen LogP contribution in [0.25, 0.3) is 0 Å². The van der Waals surface area contributed by atoms with E-state index in [4.69, 9.17) is 4.74 Å². The second-order valence-electron chi connectivity index (χ2n) is 6.89. The normalized spacial score (nSPS) is 13.9. The fourth-order valence-electron chi connectivity index (χ4n) is 3.39. The number of hydrogen-bond donors (Lipinski definition) is 1. The van der Waals surface area contributed by atoms with Crippen molar-refractivity contribution in [3.8, 4) is 5.75 Å². The van der Waals surface area contributed by atoms with Gasteiger partial charge in [0.2, 0.25) is 5.91 Å². The van der Waals surface area contributed by atoms with E-state index in [1.165, 1.54) is 0 Å². The molecular formula is C22H27N3O3. The lowest BCUT2D eigenvalue weighted by molar-refractivity contribution is -0.131. The van der Waals surface area contributed by atoms with Crippen LogP contribution in [0.4, 0.5) is 5.69 Å². The van der Waals surface area contributed by atoms with Gasteiger partial charge in [0.25, 0.3) is 5.91 Å². The fourth-order valence-corrected chi connectivity index (χ4v) is 3.39. The van der Waals surface area contributed by atoms with Crippen molar-refractivity contribution in [1.82, 2.24) is 10.2 Å². The number of anilines is 1. The third kappa shape index (κ3) is 4.82. The van der Waals surface area contributed by atoms with Crippen molar-refractivity contribution in [3.63, 3.8) is 0 Å². The van der Waals surface area contributed by atoms with E-state index in [1.807, 2.05) is 48.2 Å². The minimum atomic E-state index is -0.131. The maximum absolute atomic E-state index is 12.5. The van der Waals surface area contributed by atoms with Crippen molar-refractivity contribution in [2.75, 3.05) is 44.7 Å². The Morgan fingerprint density at radius 3 is 2.50 bits per heavy atom. The van der Waals surface area contributed by atoms with Crippen molar-refractivity contribution in [2.45, 2.75) is 13.3 Å². The molecule has 2 amide bonds. The second-order valence-corrected chi connectivity index (χ2v) is 6.89. The quantitative estimate of drug-likeness (QED) is 0.835. The number of amides is 2. The summed E-state index contributed by atoms with van der Waals surface area (Å²) in [4.78, 5) is 28.8. The summed E-state index contributed by atoms with van der Waals surface area (Å²) in [6, 6.07) is 15.4. The number of nitrogens with zero attached hydrogens (tertiary/aromatic N) is 2. The molecule has 2 aromatic carbocycles. The van der Waals surface area contributed by atoms with E-state index in [-0.39, 0.29) is 11.8 Å². The van der Waals surface area contributed by atoms with Gasteiger partial charge in [-0.15, -0.1) is 0 Å². The molecule has 0 bridgehead atoms. The van der Waals surface area contributed by atoms with E-state index < -0.39 is 0 Å². The number of carbonyl (C=O) groups excluding carboxylic acids is 2. The molecule has 0 saturated carbocycles. The third-order valence-electron chi connectivity index (χ3n) is 5.06. The Bertz CT molecular complexity index is 829. The number of benzene rings is 2. The minimum Gasteiger partial charge on any atom is -0.497 e. The van der Waals surface area contributed by atoms with E-state index in [9.17, 15) is 9.59 Å². The lowest BCUT2D eigenvalue weighted by Gasteiger charge is -2.36. The summed E-state index contributed by atoms with van der Waals surface area (Å²) in [7, 11) is 1.66. The highest BCUT2D eigenvalue weighted by molar-refractivity contribution is 5.95. The summed E-state index contributed by atoms with van der Waals surface area (Å²) >= 11 is 0. The average molecular weight is 381 g/mol. The smallest absolute Gasteiger partial charge is 0.251 e. The Labute approximate surface area is 166 Å². The maximum Gasteiger partial charge on any atom is 0.251 e. The molecule has 0 spiro atoms. The topological polar surface area (TPSA) is 61.9 Å². The number of ether oxygens (including phenoxy) is 1. The highest BCUT2D eigenvalue weighted by atomic mass is 16.5. The van der Waals surface area contributed by atoms with Gasteiger partial charge in [0.1, 0.15) is 5.75 Å². The number of carbonyl (C=O) groups is 2. The van der Waals surface area contributed by atoms with Crippen LogP contribution >= 0.6 is 0 Å². The summed E-state index contributed by atoms with van der Waals surface area (Å²) in [5.41, 5.74) is 2.69. The monoisotopic (exact) mass is 381 g/mol. The van der Waals surface area contributed by atoms with Gasteiger partial charge in [-0.3, -0.25) is 9.59 Å². The number of rotatable bonds is 6. The molecule has 1 N–H and O–H groups in total. The fraction of sp³-hybridized carbons (Fsp3) is 0.364. The Hall–Kier alpha value is -3.02. The van der Waals surface area contributed by atoms with E-state index in [2.05, 4.69) is 16.3 Å². The van der Waals surface area contributed by atoms with E-state index in [1.54, 1.807) is 13.2 Å². The molecule has 1 aliphatic rings.